The summed E-state index contributed by atoms with van der Waals surface area (Å²) in [5.41, 5.74) is 1.05. The van der Waals surface area contributed by atoms with Gasteiger partial charge in [-0.15, -0.1) is 0 Å². The molecule has 4 saturated carbocycles. The predicted octanol–water partition coefficient (Wildman–Crippen LogP) is 2.00. The van der Waals surface area contributed by atoms with Crippen molar-refractivity contribution in [3.8, 4) is 0 Å². The average molecular weight is 562 g/mol. The first-order valence-electron chi connectivity index (χ1n) is 11.9. The fourth-order valence-electron chi connectivity index (χ4n) is 6.38. The summed E-state index contributed by atoms with van der Waals surface area (Å²) in [6, 6.07) is 0.166. The lowest BCUT2D eigenvalue weighted by Crippen LogP contribution is -2.36. The van der Waals surface area contributed by atoms with Crippen LogP contribution in [0.15, 0.2) is 18.7 Å². The molecular formula is C22H27IN8O2. The average Bonchev–Trinajstić information content (AvgIpc) is 3.59. The van der Waals surface area contributed by atoms with Gasteiger partial charge in [0.2, 0.25) is 0 Å². The third-order valence-electron chi connectivity index (χ3n) is 8.56. The number of imidazole rings is 1. The molecule has 3 heterocycles. The van der Waals surface area contributed by atoms with E-state index in [9.17, 15) is 10.2 Å². The van der Waals surface area contributed by atoms with Gasteiger partial charge in [0.15, 0.2) is 20.8 Å². The van der Waals surface area contributed by atoms with Crippen molar-refractivity contribution in [2.75, 3.05) is 5.32 Å². The van der Waals surface area contributed by atoms with Crippen molar-refractivity contribution in [1.29, 1.82) is 0 Å². The Bertz CT molecular complexity index is 1190. The highest BCUT2D eigenvalue weighted by Gasteiger charge is 2.71. The van der Waals surface area contributed by atoms with Crippen molar-refractivity contribution in [2.45, 2.75) is 69.4 Å². The molecule has 4 fully saturated rings. The quantitative estimate of drug-likeness (QED) is 0.295. The molecule has 11 heteroatoms. The minimum Gasteiger partial charge on any atom is -0.390 e. The van der Waals surface area contributed by atoms with Gasteiger partial charge in [-0.2, -0.15) is 15.0 Å². The van der Waals surface area contributed by atoms with E-state index in [0.717, 1.165) is 35.2 Å². The van der Waals surface area contributed by atoms with E-state index in [1.807, 2.05) is 4.57 Å². The summed E-state index contributed by atoms with van der Waals surface area (Å²) >= 11 is 2.16. The predicted molar refractivity (Wildman–Crippen MR) is 127 cm³/mol. The number of nitrogens with zero attached hydrogens (tertiary/aromatic N) is 7. The highest BCUT2D eigenvalue weighted by Crippen LogP contribution is 2.68. The highest BCUT2D eigenvalue weighted by molar-refractivity contribution is 14.1. The monoisotopic (exact) mass is 562 g/mol. The summed E-state index contributed by atoms with van der Waals surface area (Å²) in [7, 11) is 0. The van der Waals surface area contributed by atoms with Crippen LogP contribution >= 0.6 is 22.6 Å². The van der Waals surface area contributed by atoms with E-state index < -0.39 is 17.6 Å². The highest BCUT2D eigenvalue weighted by atomic mass is 127. The molecule has 0 saturated heterocycles. The number of halogens is 1. The number of rotatable bonds is 7. The first kappa shape index (κ1) is 20.5. The van der Waals surface area contributed by atoms with E-state index in [0.29, 0.717) is 16.4 Å². The molecule has 3 aromatic heterocycles. The lowest BCUT2D eigenvalue weighted by atomic mass is 9.78. The second-order valence-electron chi connectivity index (χ2n) is 10.4. The van der Waals surface area contributed by atoms with Crippen LogP contribution in [0.1, 0.15) is 44.6 Å². The number of aliphatic hydroxyl groups excluding tert-OH is 2. The molecule has 4 aliphatic rings. The van der Waals surface area contributed by atoms with Crippen LogP contribution in [-0.2, 0) is 6.54 Å². The third-order valence-corrected chi connectivity index (χ3v) is 9.04. The molecule has 3 N–H and O–H groups in total. The van der Waals surface area contributed by atoms with Crippen molar-refractivity contribution in [1.82, 2.24) is 34.5 Å². The maximum absolute atomic E-state index is 11.1. The Kier molecular flexibility index (Phi) is 4.55. The van der Waals surface area contributed by atoms with E-state index in [2.05, 4.69) is 38.1 Å². The Labute approximate surface area is 204 Å². The zero-order valence-corrected chi connectivity index (χ0v) is 20.3. The number of hydrogen-bond donors (Lipinski definition) is 3. The molecule has 0 aliphatic heterocycles. The van der Waals surface area contributed by atoms with Crippen LogP contribution in [-0.4, -0.2) is 63.0 Å². The van der Waals surface area contributed by atoms with Crippen LogP contribution in [0.5, 0.6) is 0 Å². The molecule has 4 aliphatic carbocycles. The molecule has 0 unspecified atom stereocenters. The summed E-state index contributed by atoms with van der Waals surface area (Å²) in [6.07, 6.45) is 10.6. The van der Waals surface area contributed by atoms with E-state index in [1.165, 1.54) is 32.1 Å². The molecule has 174 valence electrons. The Hall–Kier alpha value is -1.86. The molecular weight excluding hydrogens is 535 g/mol. The second kappa shape index (κ2) is 7.32. The maximum Gasteiger partial charge on any atom is 0.194 e. The van der Waals surface area contributed by atoms with Crippen LogP contribution in [0.3, 0.4) is 0 Å². The van der Waals surface area contributed by atoms with Gasteiger partial charge >= 0.3 is 0 Å². The Balaban J connectivity index is 1.22. The van der Waals surface area contributed by atoms with E-state index in [4.69, 9.17) is 15.0 Å². The lowest BCUT2D eigenvalue weighted by molar-refractivity contribution is -0.0227. The van der Waals surface area contributed by atoms with Crippen LogP contribution in [0.4, 0.5) is 5.82 Å². The SMILES string of the molecule is O[C@H]1[C@H](n2cnc3c(N[C@@H](C4CCC4)C4CC4)nc(I)nc32)[C@H]2C[C@@]2(Cn2nccn2)[C@H]1O. The summed E-state index contributed by atoms with van der Waals surface area (Å²) in [5.74, 6) is 2.36. The number of anilines is 1. The smallest absolute Gasteiger partial charge is 0.194 e. The van der Waals surface area contributed by atoms with Gasteiger partial charge in [-0.3, -0.25) is 0 Å². The number of nitrogens with one attached hydrogen (secondary N) is 1. The van der Waals surface area contributed by atoms with Crippen molar-refractivity contribution in [3.05, 3.63) is 22.6 Å². The minimum absolute atomic E-state index is 0.115. The normalized spacial score (nSPS) is 34.3. The van der Waals surface area contributed by atoms with Gasteiger partial charge in [-0.05, 0) is 49.9 Å². The maximum atomic E-state index is 11.1. The molecule has 7 rings (SSSR count). The standard InChI is InChI=1S/C22H27IN8O2/c23-21-28-19(27-14(12-4-5-12)11-2-1-3-11)15-20(29-21)30(10-24-15)16-13-8-22(13,18(33)17(16)32)9-31-25-6-7-26-31/h6-7,10-14,16-18,32-33H,1-5,8-9H2,(H,27,28,29)/t13-,14+,16-,17+,18+,22+/m1/s1. The second-order valence-corrected chi connectivity index (χ2v) is 11.4. The van der Waals surface area contributed by atoms with Crippen LogP contribution < -0.4 is 5.32 Å². The van der Waals surface area contributed by atoms with Crippen molar-refractivity contribution < 1.29 is 10.2 Å². The summed E-state index contributed by atoms with van der Waals surface area (Å²) in [5, 5.41) is 34.2. The van der Waals surface area contributed by atoms with Crippen LogP contribution in [0.25, 0.3) is 11.2 Å². The number of fused-ring (bicyclic) bond motifs is 2. The number of hydrogen-bond acceptors (Lipinski definition) is 8. The van der Waals surface area contributed by atoms with Crippen LogP contribution in [0, 0.1) is 27.0 Å². The van der Waals surface area contributed by atoms with Crippen molar-refractivity contribution >= 4 is 39.6 Å². The number of aromatic nitrogens is 7. The fraction of sp³-hybridized carbons (Fsp3) is 0.682. The van der Waals surface area contributed by atoms with Gasteiger partial charge in [0.1, 0.15) is 6.10 Å². The lowest BCUT2D eigenvalue weighted by Gasteiger charge is -2.35. The molecule has 0 amide bonds. The van der Waals surface area contributed by atoms with Gasteiger partial charge in [-0.25, -0.2) is 15.0 Å². The summed E-state index contributed by atoms with van der Waals surface area (Å²) in [6.45, 7) is 0.496. The Morgan fingerprint density at radius 3 is 2.58 bits per heavy atom. The Morgan fingerprint density at radius 2 is 1.88 bits per heavy atom. The fourth-order valence-corrected chi connectivity index (χ4v) is 6.85. The minimum atomic E-state index is -0.894. The summed E-state index contributed by atoms with van der Waals surface area (Å²) < 4.78 is 2.62. The van der Waals surface area contributed by atoms with Crippen LogP contribution in [0.2, 0.25) is 0 Å². The van der Waals surface area contributed by atoms with Gasteiger partial charge < -0.3 is 20.1 Å². The van der Waals surface area contributed by atoms with Gasteiger partial charge in [0, 0.05) is 34.0 Å². The molecule has 3 aromatic rings. The molecule has 0 aromatic carbocycles. The van der Waals surface area contributed by atoms with E-state index >= 15 is 0 Å². The van der Waals surface area contributed by atoms with Gasteiger partial charge in [0.25, 0.3) is 0 Å². The summed E-state index contributed by atoms with van der Waals surface area (Å²) in [4.78, 5) is 15.7. The van der Waals surface area contributed by atoms with Crippen molar-refractivity contribution in [2.24, 2.45) is 23.2 Å². The van der Waals surface area contributed by atoms with E-state index in [-0.39, 0.29) is 12.0 Å². The third kappa shape index (κ3) is 3.14. The molecule has 0 bridgehead atoms. The number of aliphatic hydroxyl groups is 2. The molecule has 0 radical (unpaired) electrons. The topological polar surface area (TPSA) is 127 Å². The van der Waals surface area contributed by atoms with E-state index in [1.54, 1.807) is 23.5 Å². The van der Waals surface area contributed by atoms with Gasteiger partial charge in [0.05, 0.1) is 37.4 Å². The first-order valence-corrected chi connectivity index (χ1v) is 13.0. The molecule has 10 nitrogen and oxygen atoms in total. The molecule has 0 spiro atoms. The largest absolute Gasteiger partial charge is 0.390 e. The zero-order valence-electron chi connectivity index (χ0n) is 18.1. The van der Waals surface area contributed by atoms with Crippen molar-refractivity contribution in [3.63, 3.8) is 0 Å². The molecule has 33 heavy (non-hydrogen) atoms. The molecule has 6 atom stereocenters. The van der Waals surface area contributed by atoms with Gasteiger partial charge in [-0.1, -0.05) is 6.42 Å². The first-order chi connectivity index (χ1) is 16.0. The Morgan fingerprint density at radius 1 is 1.12 bits per heavy atom. The zero-order chi connectivity index (χ0) is 22.3.